The molecule has 4 rings (SSSR count). The van der Waals surface area contributed by atoms with Crippen molar-refractivity contribution < 1.29 is 9.32 Å². The Morgan fingerprint density at radius 3 is 2.93 bits per heavy atom. The van der Waals surface area contributed by atoms with E-state index >= 15 is 0 Å². The highest BCUT2D eigenvalue weighted by Gasteiger charge is 2.25. The van der Waals surface area contributed by atoms with Crippen molar-refractivity contribution in [3.63, 3.8) is 0 Å². The number of aryl methyl sites for hydroxylation is 1. The van der Waals surface area contributed by atoms with Gasteiger partial charge < -0.3 is 9.84 Å². The third-order valence-electron chi connectivity index (χ3n) is 4.45. The normalized spacial score (nSPS) is 15.0. The number of fused-ring (bicyclic) bond motifs is 1. The summed E-state index contributed by atoms with van der Waals surface area (Å²) >= 11 is 1.52. The molecule has 0 radical (unpaired) electrons. The fraction of sp³-hybridized carbons (Fsp3) is 0.400. The third kappa shape index (κ3) is 4.13. The second kappa shape index (κ2) is 7.68. The van der Waals surface area contributed by atoms with E-state index in [1.165, 1.54) is 11.8 Å². The van der Waals surface area contributed by atoms with Gasteiger partial charge in [0.05, 0.1) is 21.4 Å². The molecule has 2 heterocycles. The molecule has 2 aromatic heterocycles. The van der Waals surface area contributed by atoms with E-state index in [0.717, 1.165) is 47.4 Å². The number of amides is 1. The molecule has 1 aliphatic rings. The van der Waals surface area contributed by atoms with E-state index in [9.17, 15) is 4.79 Å². The predicted octanol–water partition coefficient (Wildman–Crippen LogP) is 4.32. The summed E-state index contributed by atoms with van der Waals surface area (Å²) in [6, 6.07) is 9.92. The zero-order valence-corrected chi connectivity index (χ0v) is 16.3. The van der Waals surface area contributed by atoms with Crippen LogP contribution in [0.2, 0.25) is 0 Å². The summed E-state index contributed by atoms with van der Waals surface area (Å²) in [6.07, 6.45) is 3.90. The average Bonchev–Trinajstić information content (AvgIpc) is 3.35. The molecule has 6 nitrogen and oxygen atoms in total. The quantitative estimate of drug-likeness (QED) is 0.613. The van der Waals surface area contributed by atoms with Crippen LogP contribution in [-0.2, 0) is 6.42 Å². The van der Waals surface area contributed by atoms with Crippen LogP contribution < -0.4 is 5.32 Å². The number of hydrogen-bond donors (Lipinski definition) is 1. The topological polar surface area (TPSA) is 80.9 Å². The number of carbonyl (C=O) groups is 1. The maximum absolute atomic E-state index is 12.7. The molecule has 1 fully saturated rings. The number of nitrogens with one attached hydrogen (secondary N) is 1. The SMILES string of the molecule is CCCc1noc(C(C)Sc2cc(C(=O)NC3CC3)c3ccccc3n2)n1. The Balaban J connectivity index is 1.61. The van der Waals surface area contributed by atoms with Crippen molar-refractivity contribution in [1.82, 2.24) is 20.4 Å². The van der Waals surface area contributed by atoms with Gasteiger partial charge in [-0.1, -0.05) is 42.0 Å². The molecule has 1 amide bonds. The number of carbonyl (C=O) groups excluding carboxylic acids is 1. The lowest BCUT2D eigenvalue weighted by atomic mass is 10.1. The smallest absolute Gasteiger partial charge is 0.252 e. The van der Waals surface area contributed by atoms with Gasteiger partial charge in [-0.05, 0) is 38.3 Å². The average molecular weight is 382 g/mol. The van der Waals surface area contributed by atoms with E-state index in [1.54, 1.807) is 0 Å². The number of aromatic nitrogens is 3. The molecule has 0 spiro atoms. The number of rotatable bonds is 7. The molecule has 3 aromatic rings. The van der Waals surface area contributed by atoms with E-state index in [2.05, 4.69) is 22.4 Å². The van der Waals surface area contributed by atoms with Gasteiger partial charge >= 0.3 is 0 Å². The van der Waals surface area contributed by atoms with Gasteiger partial charge in [0.25, 0.3) is 5.91 Å². The van der Waals surface area contributed by atoms with Crippen LogP contribution in [-0.4, -0.2) is 27.1 Å². The molecular weight excluding hydrogens is 360 g/mol. The molecule has 0 saturated heterocycles. The van der Waals surface area contributed by atoms with Crippen molar-refractivity contribution in [3.05, 3.63) is 47.6 Å². The van der Waals surface area contributed by atoms with Gasteiger partial charge in [-0.25, -0.2) is 4.98 Å². The minimum absolute atomic E-state index is 0.0337. The Hall–Kier alpha value is -2.41. The summed E-state index contributed by atoms with van der Waals surface area (Å²) in [7, 11) is 0. The molecule has 1 aromatic carbocycles. The van der Waals surface area contributed by atoms with E-state index in [4.69, 9.17) is 9.51 Å². The second-order valence-electron chi connectivity index (χ2n) is 6.83. The molecular formula is C20H22N4O2S. The van der Waals surface area contributed by atoms with Crippen LogP contribution in [0.15, 0.2) is 39.9 Å². The first-order valence-corrected chi connectivity index (χ1v) is 10.2. The lowest BCUT2D eigenvalue weighted by Crippen LogP contribution is -2.25. The molecule has 1 saturated carbocycles. The monoisotopic (exact) mass is 382 g/mol. The maximum atomic E-state index is 12.7. The Labute approximate surface area is 162 Å². The van der Waals surface area contributed by atoms with Gasteiger partial charge in [0.15, 0.2) is 5.82 Å². The van der Waals surface area contributed by atoms with Crippen molar-refractivity contribution in [2.24, 2.45) is 0 Å². The predicted molar refractivity (Wildman–Crippen MR) is 105 cm³/mol. The maximum Gasteiger partial charge on any atom is 0.252 e. The number of pyridine rings is 1. The first-order chi connectivity index (χ1) is 13.1. The molecule has 1 aliphatic carbocycles. The van der Waals surface area contributed by atoms with Crippen LogP contribution >= 0.6 is 11.8 Å². The van der Waals surface area contributed by atoms with E-state index in [0.29, 0.717) is 17.5 Å². The number of benzene rings is 1. The number of thioether (sulfide) groups is 1. The molecule has 7 heteroatoms. The van der Waals surface area contributed by atoms with Gasteiger partial charge in [0, 0.05) is 17.8 Å². The highest BCUT2D eigenvalue weighted by atomic mass is 32.2. The van der Waals surface area contributed by atoms with Gasteiger partial charge in [0.2, 0.25) is 5.89 Å². The summed E-state index contributed by atoms with van der Waals surface area (Å²) in [5.41, 5.74) is 1.48. The molecule has 1 atom stereocenters. The summed E-state index contributed by atoms with van der Waals surface area (Å²) < 4.78 is 5.39. The Bertz CT molecular complexity index is 968. The second-order valence-corrected chi connectivity index (χ2v) is 8.19. The van der Waals surface area contributed by atoms with E-state index in [1.807, 2.05) is 37.3 Å². The number of hydrogen-bond acceptors (Lipinski definition) is 6. The van der Waals surface area contributed by atoms with Crippen molar-refractivity contribution in [2.45, 2.75) is 55.8 Å². The van der Waals surface area contributed by atoms with Crippen LogP contribution in [0.5, 0.6) is 0 Å². The van der Waals surface area contributed by atoms with Gasteiger partial charge in [-0.15, -0.1) is 0 Å². The van der Waals surface area contributed by atoms with Crippen molar-refractivity contribution in [2.75, 3.05) is 0 Å². The highest BCUT2D eigenvalue weighted by molar-refractivity contribution is 7.99. The highest BCUT2D eigenvalue weighted by Crippen LogP contribution is 2.35. The summed E-state index contributed by atoms with van der Waals surface area (Å²) in [5, 5.41) is 8.70. The van der Waals surface area contributed by atoms with Crippen LogP contribution in [0.4, 0.5) is 0 Å². The van der Waals surface area contributed by atoms with E-state index < -0.39 is 0 Å². The van der Waals surface area contributed by atoms with Crippen molar-refractivity contribution >= 4 is 28.6 Å². The first-order valence-electron chi connectivity index (χ1n) is 9.34. The molecule has 1 unspecified atom stereocenters. The third-order valence-corrected chi connectivity index (χ3v) is 5.46. The lowest BCUT2D eigenvalue weighted by Gasteiger charge is -2.11. The summed E-state index contributed by atoms with van der Waals surface area (Å²) in [6.45, 7) is 4.09. The van der Waals surface area contributed by atoms with Crippen LogP contribution in [0.1, 0.15) is 60.4 Å². The van der Waals surface area contributed by atoms with Crippen molar-refractivity contribution in [3.8, 4) is 0 Å². The zero-order valence-electron chi connectivity index (χ0n) is 15.4. The van der Waals surface area contributed by atoms with Gasteiger partial charge in [0.1, 0.15) is 0 Å². The Morgan fingerprint density at radius 1 is 1.33 bits per heavy atom. The molecule has 1 N–H and O–H groups in total. The van der Waals surface area contributed by atoms with Gasteiger partial charge in [-0.2, -0.15) is 4.98 Å². The summed E-state index contributed by atoms with van der Waals surface area (Å²) in [4.78, 5) is 21.9. The zero-order chi connectivity index (χ0) is 18.8. The Morgan fingerprint density at radius 2 is 2.15 bits per heavy atom. The molecule has 0 aliphatic heterocycles. The standard InChI is InChI=1S/C20H22N4O2S/c1-3-6-17-23-20(26-24-17)12(2)27-18-11-15(19(25)21-13-9-10-13)14-7-4-5-8-16(14)22-18/h4-5,7-8,11-13H,3,6,9-10H2,1-2H3,(H,21,25). The fourth-order valence-corrected chi connectivity index (χ4v) is 3.78. The lowest BCUT2D eigenvalue weighted by molar-refractivity contribution is 0.0952. The number of nitrogens with zero attached hydrogens (tertiary/aromatic N) is 3. The van der Waals surface area contributed by atoms with Crippen molar-refractivity contribution in [1.29, 1.82) is 0 Å². The van der Waals surface area contributed by atoms with Crippen LogP contribution in [0, 0.1) is 0 Å². The first kappa shape index (κ1) is 18.0. The Kier molecular flexibility index (Phi) is 5.11. The van der Waals surface area contributed by atoms with Gasteiger partial charge in [-0.3, -0.25) is 4.79 Å². The van der Waals surface area contributed by atoms with E-state index in [-0.39, 0.29) is 11.2 Å². The number of para-hydroxylation sites is 1. The summed E-state index contributed by atoms with van der Waals surface area (Å²) in [5.74, 6) is 1.28. The van der Waals surface area contributed by atoms with Crippen LogP contribution in [0.25, 0.3) is 10.9 Å². The minimum atomic E-state index is -0.0453. The minimum Gasteiger partial charge on any atom is -0.349 e. The molecule has 27 heavy (non-hydrogen) atoms. The largest absolute Gasteiger partial charge is 0.349 e. The fourth-order valence-electron chi connectivity index (χ4n) is 2.88. The molecule has 140 valence electrons. The molecule has 0 bridgehead atoms. The van der Waals surface area contributed by atoms with Crippen LogP contribution in [0.3, 0.4) is 0 Å².